The standard InChI is InChI=1S/C28H20FNO7/c1-35-17-11-16(12-18(13-17)36-2)30-26(33)21-22(27(30)34)28(37-23(21)14-7-9-15(29)10-8-14)24(31)19-5-3-4-6-20(19)25(28)32/h3-13,21-23H,1-2H3/t21-,22+,23+/m1/s1. The Hall–Kier alpha value is -4.37. The second kappa shape index (κ2) is 8.07. The zero-order valence-corrected chi connectivity index (χ0v) is 19.8. The van der Waals surface area contributed by atoms with E-state index < -0.39 is 52.7 Å². The third-order valence-corrected chi connectivity index (χ3v) is 7.31. The summed E-state index contributed by atoms with van der Waals surface area (Å²) in [6, 6.07) is 16.0. The predicted octanol–water partition coefficient (Wildman–Crippen LogP) is 3.54. The van der Waals surface area contributed by atoms with Crippen LogP contribution in [-0.2, 0) is 14.3 Å². The van der Waals surface area contributed by atoms with Gasteiger partial charge in [-0.15, -0.1) is 0 Å². The molecule has 3 aliphatic rings. The maximum Gasteiger partial charge on any atom is 0.241 e. The second-order valence-electron chi connectivity index (χ2n) is 9.12. The third-order valence-electron chi connectivity index (χ3n) is 7.31. The van der Waals surface area contributed by atoms with Crippen LogP contribution < -0.4 is 14.4 Å². The summed E-state index contributed by atoms with van der Waals surface area (Å²) < 4.78 is 30.5. The highest BCUT2D eigenvalue weighted by atomic mass is 19.1. The Labute approximate surface area is 210 Å². The fraction of sp³-hybridized carbons (Fsp3) is 0.214. The molecule has 0 aromatic heterocycles. The Morgan fingerprint density at radius 2 is 1.38 bits per heavy atom. The zero-order chi connectivity index (χ0) is 26.1. The number of ether oxygens (including phenoxy) is 3. The molecular formula is C28H20FNO7. The summed E-state index contributed by atoms with van der Waals surface area (Å²) in [7, 11) is 2.86. The van der Waals surface area contributed by atoms with Gasteiger partial charge < -0.3 is 14.2 Å². The molecule has 6 rings (SSSR count). The van der Waals surface area contributed by atoms with Crippen molar-refractivity contribution in [3.05, 3.63) is 89.2 Å². The molecule has 0 unspecified atom stereocenters. The Morgan fingerprint density at radius 1 is 0.811 bits per heavy atom. The van der Waals surface area contributed by atoms with E-state index in [2.05, 4.69) is 0 Å². The molecule has 8 nitrogen and oxygen atoms in total. The molecule has 2 saturated heterocycles. The highest BCUT2D eigenvalue weighted by Gasteiger charge is 2.74. The minimum atomic E-state index is -2.21. The average Bonchev–Trinajstić information content (AvgIpc) is 3.48. The van der Waals surface area contributed by atoms with Crippen LogP contribution in [0.25, 0.3) is 0 Å². The largest absolute Gasteiger partial charge is 0.497 e. The first kappa shape index (κ1) is 23.1. The van der Waals surface area contributed by atoms with Gasteiger partial charge in [-0.25, -0.2) is 9.29 Å². The van der Waals surface area contributed by atoms with Crippen molar-refractivity contribution < 1.29 is 37.8 Å². The van der Waals surface area contributed by atoms with Crippen molar-refractivity contribution in [1.82, 2.24) is 0 Å². The molecule has 1 spiro atoms. The quantitative estimate of drug-likeness (QED) is 0.398. The normalized spacial score (nSPS) is 23.5. The van der Waals surface area contributed by atoms with Gasteiger partial charge in [0.15, 0.2) is 0 Å². The van der Waals surface area contributed by atoms with Crippen LogP contribution in [0.5, 0.6) is 11.5 Å². The summed E-state index contributed by atoms with van der Waals surface area (Å²) in [6.07, 6.45) is -1.14. The van der Waals surface area contributed by atoms with E-state index in [9.17, 15) is 23.6 Å². The minimum Gasteiger partial charge on any atom is -0.497 e. The van der Waals surface area contributed by atoms with Crippen LogP contribution in [0.15, 0.2) is 66.7 Å². The number of nitrogens with zero attached hydrogens (tertiary/aromatic N) is 1. The molecule has 3 aromatic carbocycles. The topological polar surface area (TPSA) is 99.2 Å². The number of fused-ring (bicyclic) bond motifs is 3. The van der Waals surface area contributed by atoms with Crippen molar-refractivity contribution in [1.29, 1.82) is 0 Å². The summed E-state index contributed by atoms with van der Waals surface area (Å²) in [6.45, 7) is 0. The van der Waals surface area contributed by atoms with Crippen molar-refractivity contribution in [2.24, 2.45) is 11.8 Å². The van der Waals surface area contributed by atoms with E-state index in [1.165, 1.54) is 62.8 Å². The van der Waals surface area contributed by atoms with Gasteiger partial charge in [-0.3, -0.25) is 19.2 Å². The number of Topliss-reactive ketones (excluding diaryl/α,β-unsaturated/α-hetero) is 2. The van der Waals surface area contributed by atoms with Crippen LogP contribution in [0, 0.1) is 17.7 Å². The van der Waals surface area contributed by atoms with E-state index in [0.29, 0.717) is 17.1 Å². The SMILES string of the molecule is COc1cc(OC)cc(N2C(=O)[C@@H]3[C@@H](C2=O)C2(O[C@H]3c3ccc(F)cc3)C(=O)c3ccccc3C2=O)c1. The Balaban J connectivity index is 1.54. The molecule has 3 atom stereocenters. The van der Waals surface area contributed by atoms with Gasteiger partial charge >= 0.3 is 0 Å². The van der Waals surface area contributed by atoms with Crippen molar-refractivity contribution in [3.63, 3.8) is 0 Å². The first-order valence-electron chi connectivity index (χ1n) is 11.5. The number of halogens is 1. The van der Waals surface area contributed by atoms with Gasteiger partial charge in [-0.05, 0) is 17.7 Å². The van der Waals surface area contributed by atoms with Crippen LogP contribution in [0.3, 0.4) is 0 Å². The number of methoxy groups -OCH3 is 2. The van der Waals surface area contributed by atoms with Gasteiger partial charge in [-0.2, -0.15) is 0 Å². The van der Waals surface area contributed by atoms with Gasteiger partial charge in [0.2, 0.25) is 29.0 Å². The number of hydrogen-bond acceptors (Lipinski definition) is 7. The summed E-state index contributed by atoms with van der Waals surface area (Å²) in [5.74, 6) is -5.17. The summed E-state index contributed by atoms with van der Waals surface area (Å²) in [4.78, 5) is 56.4. The molecule has 0 N–H and O–H groups in total. The maximum absolute atomic E-state index is 14.0. The number of benzene rings is 3. The van der Waals surface area contributed by atoms with Crippen LogP contribution in [-0.4, -0.2) is 43.2 Å². The predicted molar refractivity (Wildman–Crippen MR) is 127 cm³/mol. The van der Waals surface area contributed by atoms with Crippen molar-refractivity contribution in [2.45, 2.75) is 11.7 Å². The lowest BCUT2D eigenvalue weighted by Crippen LogP contribution is -2.51. The maximum atomic E-state index is 14.0. The number of anilines is 1. The number of hydrogen-bond donors (Lipinski definition) is 0. The first-order valence-corrected chi connectivity index (χ1v) is 11.5. The molecule has 1 aliphatic carbocycles. The van der Waals surface area contributed by atoms with E-state index in [1.807, 2.05) is 0 Å². The summed E-state index contributed by atoms with van der Waals surface area (Å²) >= 11 is 0. The molecule has 0 radical (unpaired) electrons. The lowest BCUT2D eigenvalue weighted by atomic mass is 9.77. The molecule has 37 heavy (non-hydrogen) atoms. The van der Waals surface area contributed by atoms with Crippen LogP contribution in [0.1, 0.15) is 32.4 Å². The first-order chi connectivity index (χ1) is 17.8. The Morgan fingerprint density at radius 3 is 1.92 bits per heavy atom. The monoisotopic (exact) mass is 501 g/mol. The molecule has 0 saturated carbocycles. The Kier molecular flexibility index (Phi) is 5.03. The fourth-order valence-electron chi connectivity index (χ4n) is 5.65. The van der Waals surface area contributed by atoms with E-state index in [0.717, 1.165) is 4.90 Å². The molecule has 2 fully saturated rings. The number of imide groups is 1. The van der Waals surface area contributed by atoms with Crippen molar-refractivity contribution in [2.75, 3.05) is 19.1 Å². The number of amides is 2. The van der Waals surface area contributed by atoms with Crippen LogP contribution in [0.2, 0.25) is 0 Å². The number of ketones is 2. The lowest BCUT2D eigenvalue weighted by Gasteiger charge is -2.27. The van der Waals surface area contributed by atoms with E-state index in [1.54, 1.807) is 18.2 Å². The highest BCUT2D eigenvalue weighted by molar-refractivity contribution is 6.37. The molecule has 2 aliphatic heterocycles. The van der Waals surface area contributed by atoms with Gasteiger partial charge in [0.1, 0.15) is 17.3 Å². The third kappa shape index (κ3) is 3.04. The lowest BCUT2D eigenvalue weighted by molar-refractivity contribution is -0.127. The highest BCUT2D eigenvalue weighted by Crippen LogP contribution is 2.57. The summed E-state index contributed by atoms with van der Waals surface area (Å²) in [5, 5.41) is 0. The van der Waals surface area contributed by atoms with Gasteiger partial charge in [0.05, 0.1) is 37.8 Å². The zero-order valence-electron chi connectivity index (χ0n) is 19.8. The molecule has 3 aromatic rings. The summed E-state index contributed by atoms with van der Waals surface area (Å²) in [5.41, 5.74) is -1.40. The van der Waals surface area contributed by atoms with E-state index >= 15 is 0 Å². The van der Waals surface area contributed by atoms with Crippen LogP contribution >= 0.6 is 0 Å². The molecule has 2 heterocycles. The fourth-order valence-corrected chi connectivity index (χ4v) is 5.65. The minimum absolute atomic E-state index is 0.132. The van der Waals surface area contributed by atoms with Gasteiger partial charge in [-0.1, -0.05) is 36.4 Å². The average molecular weight is 501 g/mol. The number of carbonyl (C=O) groups excluding carboxylic acids is 4. The Bertz CT molecular complexity index is 1440. The van der Waals surface area contributed by atoms with Crippen molar-refractivity contribution in [3.8, 4) is 11.5 Å². The smallest absolute Gasteiger partial charge is 0.241 e. The van der Waals surface area contributed by atoms with Gasteiger partial charge in [0.25, 0.3) is 0 Å². The van der Waals surface area contributed by atoms with E-state index in [-0.39, 0.29) is 16.8 Å². The van der Waals surface area contributed by atoms with E-state index in [4.69, 9.17) is 14.2 Å². The molecular weight excluding hydrogens is 481 g/mol. The number of rotatable bonds is 4. The second-order valence-corrected chi connectivity index (χ2v) is 9.12. The molecule has 186 valence electrons. The molecule has 9 heteroatoms. The van der Waals surface area contributed by atoms with Crippen LogP contribution in [0.4, 0.5) is 10.1 Å². The number of carbonyl (C=O) groups is 4. The molecule has 0 bridgehead atoms. The van der Waals surface area contributed by atoms with Crippen molar-refractivity contribution >= 4 is 29.1 Å². The van der Waals surface area contributed by atoms with Gasteiger partial charge in [0, 0.05) is 29.3 Å². The molecule has 2 amide bonds.